The lowest BCUT2D eigenvalue weighted by Gasteiger charge is -2.32. The number of hydrogen-bond donors (Lipinski definition) is 3. The molecule has 1 fully saturated rings. The summed E-state index contributed by atoms with van der Waals surface area (Å²) < 4.78 is 10.3. The number of carboxylic acid groups (broad SMARTS) is 1. The standard InChI is InChI=1S/C22H27BrN4O4/c1-26-6-7-27(21(26)24)11-14-9-17-19(28)15(12-31-20(17)18(23)10-14)8-13-2-4-16(5-3-13)25-22(29)30/h6-7,9-10,13,15-16,24-25H,2-5,8,11-12H2,1H3,(H,29,30). The lowest BCUT2D eigenvalue weighted by atomic mass is 9.78. The van der Waals surface area contributed by atoms with E-state index < -0.39 is 6.09 Å². The summed E-state index contributed by atoms with van der Waals surface area (Å²) in [5.41, 5.74) is 1.93. The number of ketones is 1. The molecule has 3 N–H and O–H groups in total. The summed E-state index contributed by atoms with van der Waals surface area (Å²) in [5.74, 6) is 0.935. The molecule has 1 aliphatic heterocycles. The van der Waals surface area contributed by atoms with Gasteiger partial charge in [-0.15, -0.1) is 0 Å². The molecule has 4 rings (SSSR count). The number of benzene rings is 1. The number of aryl methyl sites for hydroxylation is 1. The molecule has 2 heterocycles. The summed E-state index contributed by atoms with van der Waals surface area (Å²) in [6.07, 6.45) is 6.95. The summed E-state index contributed by atoms with van der Waals surface area (Å²) in [4.78, 5) is 24.1. The quantitative estimate of drug-likeness (QED) is 0.595. The van der Waals surface area contributed by atoms with E-state index in [9.17, 15) is 9.59 Å². The number of ether oxygens (including phenoxy) is 1. The van der Waals surface area contributed by atoms with Crippen LogP contribution < -0.4 is 15.7 Å². The lowest BCUT2D eigenvalue weighted by molar-refractivity contribution is 0.0782. The van der Waals surface area contributed by atoms with E-state index in [1.807, 2.05) is 36.1 Å². The maximum Gasteiger partial charge on any atom is 0.404 e. The van der Waals surface area contributed by atoms with Crippen molar-refractivity contribution in [1.29, 1.82) is 5.41 Å². The molecular formula is C22H27BrN4O4. The number of carbonyl (C=O) groups excluding carboxylic acids is 1. The number of fused-ring (bicyclic) bond motifs is 1. The van der Waals surface area contributed by atoms with Gasteiger partial charge in [0.05, 0.1) is 29.1 Å². The molecule has 1 aromatic heterocycles. The Labute approximate surface area is 188 Å². The van der Waals surface area contributed by atoms with Crippen molar-refractivity contribution in [3.8, 4) is 5.75 Å². The summed E-state index contributed by atoms with van der Waals surface area (Å²) in [6.45, 7) is 0.880. The van der Waals surface area contributed by atoms with Gasteiger partial charge in [-0.2, -0.15) is 0 Å². The van der Waals surface area contributed by atoms with Crippen LogP contribution in [0, 0.1) is 17.2 Å². The first-order valence-corrected chi connectivity index (χ1v) is 11.4. The Hall–Kier alpha value is -2.55. The lowest BCUT2D eigenvalue weighted by Crippen LogP contribution is -2.37. The van der Waals surface area contributed by atoms with Gasteiger partial charge in [0.2, 0.25) is 5.62 Å². The Morgan fingerprint density at radius 1 is 1.29 bits per heavy atom. The van der Waals surface area contributed by atoms with Crippen LogP contribution in [0.4, 0.5) is 4.79 Å². The molecule has 1 amide bonds. The minimum atomic E-state index is -0.969. The van der Waals surface area contributed by atoms with E-state index in [4.69, 9.17) is 15.3 Å². The number of nitrogens with zero attached hydrogens (tertiary/aromatic N) is 2. The van der Waals surface area contributed by atoms with Crippen molar-refractivity contribution in [3.63, 3.8) is 0 Å². The second kappa shape index (κ2) is 8.90. The molecule has 0 saturated heterocycles. The van der Waals surface area contributed by atoms with E-state index in [2.05, 4.69) is 21.2 Å². The minimum Gasteiger partial charge on any atom is -0.491 e. The Bertz CT molecular complexity index is 1050. The Kier molecular flexibility index (Phi) is 6.22. The zero-order valence-electron chi connectivity index (χ0n) is 17.4. The smallest absolute Gasteiger partial charge is 0.404 e. The van der Waals surface area contributed by atoms with Crippen molar-refractivity contribution in [3.05, 3.63) is 45.7 Å². The van der Waals surface area contributed by atoms with E-state index in [0.717, 1.165) is 42.1 Å². The molecule has 0 radical (unpaired) electrons. The van der Waals surface area contributed by atoms with E-state index >= 15 is 0 Å². The van der Waals surface area contributed by atoms with Crippen molar-refractivity contribution in [1.82, 2.24) is 14.5 Å². The number of hydrogen-bond acceptors (Lipinski definition) is 4. The van der Waals surface area contributed by atoms with Gasteiger partial charge in [0.25, 0.3) is 0 Å². The molecule has 31 heavy (non-hydrogen) atoms. The maximum atomic E-state index is 13.3. The van der Waals surface area contributed by atoms with E-state index in [0.29, 0.717) is 36.0 Å². The predicted molar refractivity (Wildman–Crippen MR) is 117 cm³/mol. The Morgan fingerprint density at radius 3 is 2.68 bits per heavy atom. The van der Waals surface area contributed by atoms with E-state index in [1.54, 1.807) is 4.57 Å². The van der Waals surface area contributed by atoms with Gasteiger partial charge in [-0.3, -0.25) is 10.2 Å². The van der Waals surface area contributed by atoms with Gasteiger partial charge in [-0.05, 0) is 71.6 Å². The van der Waals surface area contributed by atoms with Crippen LogP contribution in [0.25, 0.3) is 0 Å². The molecule has 1 saturated carbocycles. The van der Waals surface area contributed by atoms with Crippen molar-refractivity contribution in [2.45, 2.75) is 44.7 Å². The molecule has 0 spiro atoms. The van der Waals surface area contributed by atoms with Crippen LogP contribution in [-0.4, -0.2) is 38.8 Å². The first-order valence-electron chi connectivity index (χ1n) is 10.6. The SMILES string of the molecule is Cn1ccn(Cc2cc(Br)c3c(c2)C(=O)C(CC2CCC(NC(=O)O)CC2)CO3)c1=N. The van der Waals surface area contributed by atoms with Gasteiger partial charge in [-0.25, -0.2) is 4.79 Å². The third-order valence-electron chi connectivity index (χ3n) is 6.39. The van der Waals surface area contributed by atoms with Gasteiger partial charge >= 0.3 is 6.09 Å². The van der Waals surface area contributed by atoms with Crippen molar-refractivity contribution >= 4 is 27.8 Å². The number of nitrogens with one attached hydrogen (secondary N) is 2. The molecule has 8 nitrogen and oxygen atoms in total. The molecule has 0 bridgehead atoms. The fraction of sp³-hybridized carbons (Fsp3) is 0.500. The van der Waals surface area contributed by atoms with Gasteiger partial charge in [0, 0.05) is 25.5 Å². The largest absolute Gasteiger partial charge is 0.491 e. The fourth-order valence-electron chi connectivity index (χ4n) is 4.69. The van der Waals surface area contributed by atoms with Gasteiger partial charge in [0.15, 0.2) is 5.78 Å². The highest BCUT2D eigenvalue weighted by Crippen LogP contribution is 2.39. The zero-order chi connectivity index (χ0) is 22.1. The first kappa shape index (κ1) is 21.7. The summed E-state index contributed by atoms with van der Waals surface area (Å²) in [6, 6.07) is 3.85. The van der Waals surface area contributed by atoms with Crippen LogP contribution in [0.3, 0.4) is 0 Å². The number of carbonyl (C=O) groups is 2. The second-order valence-electron chi connectivity index (χ2n) is 8.59. The van der Waals surface area contributed by atoms with Gasteiger partial charge < -0.3 is 24.3 Å². The second-order valence-corrected chi connectivity index (χ2v) is 9.44. The zero-order valence-corrected chi connectivity index (χ0v) is 19.0. The summed E-state index contributed by atoms with van der Waals surface area (Å²) in [7, 11) is 1.83. The molecule has 2 aliphatic rings. The number of amides is 1. The highest BCUT2D eigenvalue weighted by molar-refractivity contribution is 9.10. The normalized spacial score (nSPS) is 23.2. The minimum absolute atomic E-state index is 0.0173. The topological polar surface area (TPSA) is 109 Å². The van der Waals surface area contributed by atoms with E-state index in [1.165, 1.54) is 0 Å². The number of halogens is 1. The number of aromatic nitrogens is 2. The fourth-order valence-corrected chi connectivity index (χ4v) is 5.32. The number of Topliss-reactive ketones (excluding diaryl/α,β-unsaturated/α-hetero) is 1. The maximum absolute atomic E-state index is 13.3. The monoisotopic (exact) mass is 490 g/mol. The molecule has 1 aliphatic carbocycles. The molecular weight excluding hydrogens is 464 g/mol. The van der Waals surface area contributed by atoms with E-state index in [-0.39, 0.29) is 17.7 Å². The molecule has 9 heteroatoms. The van der Waals surface area contributed by atoms with Crippen LogP contribution in [0.1, 0.15) is 48.0 Å². The first-order chi connectivity index (χ1) is 14.8. The highest BCUT2D eigenvalue weighted by Gasteiger charge is 2.34. The van der Waals surface area contributed by atoms with Gasteiger partial charge in [0.1, 0.15) is 5.75 Å². The molecule has 166 valence electrons. The van der Waals surface area contributed by atoms with Crippen molar-refractivity contribution < 1.29 is 19.4 Å². The average Bonchev–Trinajstić information content (AvgIpc) is 3.03. The van der Waals surface area contributed by atoms with Crippen LogP contribution in [0.15, 0.2) is 29.0 Å². The number of imidazole rings is 1. The Morgan fingerprint density at radius 2 is 2.03 bits per heavy atom. The Balaban J connectivity index is 1.45. The summed E-state index contributed by atoms with van der Waals surface area (Å²) >= 11 is 3.55. The molecule has 1 atom stereocenters. The van der Waals surface area contributed by atoms with Crippen LogP contribution >= 0.6 is 15.9 Å². The third kappa shape index (κ3) is 4.71. The summed E-state index contributed by atoms with van der Waals surface area (Å²) in [5, 5.41) is 19.6. The molecule has 1 unspecified atom stereocenters. The average molecular weight is 491 g/mol. The predicted octanol–water partition coefficient (Wildman–Crippen LogP) is 3.52. The van der Waals surface area contributed by atoms with Crippen molar-refractivity contribution in [2.24, 2.45) is 18.9 Å². The third-order valence-corrected chi connectivity index (χ3v) is 6.98. The van der Waals surface area contributed by atoms with Crippen molar-refractivity contribution in [2.75, 3.05) is 6.61 Å². The van der Waals surface area contributed by atoms with Crippen LogP contribution in [0.2, 0.25) is 0 Å². The molecule has 1 aromatic carbocycles. The highest BCUT2D eigenvalue weighted by atomic mass is 79.9. The number of rotatable bonds is 5. The molecule has 2 aromatic rings. The van der Waals surface area contributed by atoms with Crippen LogP contribution in [0.5, 0.6) is 5.75 Å². The van der Waals surface area contributed by atoms with Gasteiger partial charge in [-0.1, -0.05) is 0 Å². The van der Waals surface area contributed by atoms with Crippen LogP contribution in [-0.2, 0) is 13.6 Å².